The highest BCUT2D eigenvalue weighted by molar-refractivity contribution is 5.80. The number of carboxylic acid groups (broad SMARTS) is 1. The Balaban J connectivity index is -0.000000330. The summed E-state index contributed by atoms with van der Waals surface area (Å²) in [5.74, 6) is -1.94. The maximum Gasteiger partial charge on any atom is 0.335 e. The summed E-state index contributed by atoms with van der Waals surface area (Å²) in [5, 5.41) is 32.4. The number of hydrogen-bond acceptors (Lipinski definition) is 7. The van der Waals surface area contributed by atoms with Crippen LogP contribution in [0.3, 0.4) is 0 Å². The molecule has 0 aromatic rings. The van der Waals surface area contributed by atoms with Crippen molar-refractivity contribution < 1.29 is 39.5 Å². The third-order valence-electron chi connectivity index (χ3n) is 1.71. The summed E-state index contributed by atoms with van der Waals surface area (Å²) < 4.78 is 9.45. The molecule has 0 saturated heterocycles. The lowest BCUT2D eigenvalue weighted by atomic mass is 10.2. The Morgan fingerprint density at radius 3 is 1.73 bits per heavy atom. The van der Waals surface area contributed by atoms with Gasteiger partial charge in [0.2, 0.25) is 0 Å². The van der Waals surface area contributed by atoms with Crippen molar-refractivity contribution >= 4 is 11.9 Å². The molecular formula is C14H30O8. The van der Waals surface area contributed by atoms with Gasteiger partial charge < -0.3 is 29.9 Å². The van der Waals surface area contributed by atoms with Crippen molar-refractivity contribution in [3.05, 3.63) is 0 Å². The molecule has 0 bridgehead atoms. The van der Waals surface area contributed by atoms with E-state index >= 15 is 0 Å². The summed E-state index contributed by atoms with van der Waals surface area (Å²) >= 11 is 0. The van der Waals surface area contributed by atoms with Crippen molar-refractivity contribution in [3.8, 4) is 0 Å². The number of carbonyl (C=O) groups is 2. The van der Waals surface area contributed by atoms with Crippen LogP contribution in [0.15, 0.2) is 0 Å². The molecule has 22 heavy (non-hydrogen) atoms. The van der Waals surface area contributed by atoms with Crippen LogP contribution in [-0.2, 0) is 19.1 Å². The fraction of sp³-hybridized carbons (Fsp3) is 0.857. The highest BCUT2D eigenvalue weighted by Crippen LogP contribution is 1.98. The van der Waals surface area contributed by atoms with Gasteiger partial charge in [-0.05, 0) is 19.8 Å². The van der Waals surface area contributed by atoms with Crippen LogP contribution in [0.2, 0.25) is 0 Å². The van der Waals surface area contributed by atoms with Gasteiger partial charge >= 0.3 is 11.9 Å². The van der Waals surface area contributed by atoms with Crippen LogP contribution < -0.4 is 0 Å². The Morgan fingerprint density at radius 1 is 1.05 bits per heavy atom. The van der Waals surface area contributed by atoms with E-state index < -0.39 is 24.5 Å². The average molecular weight is 326 g/mol. The molecular weight excluding hydrogens is 296 g/mol. The van der Waals surface area contributed by atoms with Gasteiger partial charge in [0.15, 0.2) is 6.10 Å². The van der Waals surface area contributed by atoms with E-state index in [-0.39, 0.29) is 25.7 Å². The zero-order valence-corrected chi connectivity index (χ0v) is 13.8. The largest absolute Gasteiger partial charge is 0.481 e. The van der Waals surface area contributed by atoms with Gasteiger partial charge in [-0.2, -0.15) is 0 Å². The predicted molar refractivity (Wildman–Crippen MR) is 80.4 cm³/mol. The summed E-state index contributed by atoms with van der Waals surface area (Å²) in [7, 11) is 0. The van der Waals surface area contributed by atoms with Gasteiger partial charge in [-0.3, -0.25) is 4.79 Å². The number of esters is 1. The summed E-state index contributed by atoms with van der Waals surface area (Å²) in [6, 6.07) is 0. The Morgan fingerprint density at radius 2 is 1.50 bits per heavy atom. The molecule has 0 aliphatic carbocycles. The highest BCUT2D eigenvalue weighted by Gasteiger charge is 2.19. The van der Waals surface area contributed by atoms with E-state index in [0.29, 0.717) is 0 Å². The Kier molecular flexibility index (Phi) is 23.1. The minimum Gasteiger partial charge on any atom is -0.481 e. The van der Waals surface area contributed by atoms with Crippen LogP contribution in [0.4, 0.5) is 0 Å². The van der Waals surface area contributed by atoms with Gasteiger partial charge in [0.25, 0.3) is 0 Å². The Hall–Kier alpha value is -1.22. The predicted octanol–water partition coefficient (Wildman–Crippen LogP) is 0.0350. The molecule has 0 rings (SSSR count). The number of aliphatic hydroxyl groups excluding tert-OH is 3. The highest BCUT2D eigenvalue weighted by atomic mass is 16.5. The second-order valence-electron chi connectivity index (χ2n) is 4.37. The van der Waals surface area contributed by atoms with Crippen molar-refractivity contribution in [1.29, 1.82) is 0 Å². The van der Waals surface area contributed by atoms with Gasteiger partial charge in [-0.1, -0.05) is 13.8 Å². The first-order chi connectivity index (χ1) is 10.3. The van der Waals surface area contributed by atoms with Crippen molar-refractivity contribution in [2.24, 2.45) is 5.92 Å². The first-order valence-electron chi connectivity index (χ1n) is 7.12. The molecule has 8 heteroatoms. The molecule has 0 saturated carbocycles. The van der Waals surface area contributed by atoms with Gasteiger partial charge in [0.1, 0.15) is 0 Å². The van der Waals surface area contributed by atoms with Gasteiger partial charge in [0, 0.05) is 13.2 Å². The molecule has 0 aliphatic rings. The summed E-state index contributed by atoms with van der Waals surface area (Å²) in [4.78, 5) is 20.9. The smallest absolute Gasteiger partial charge is 0.335 e. The van der Waals surface area contributed by atoms with Crippen LogP contribution in [-0.4, -0.2) is 71.5 Å². The fourth-order valence-electron chi connectivity index (χ4n) is 0.798. The number of ether oxygens (including phenoxy) is 2. The lowest BCUT2D eigenvalue weighted by Gasteiger charge is -2.09. The van der Waals surface area contributed by atoms with Crippen molar-refractivity contribution in [2.75, 3.05) is 33.0 Å². The number of rotatable bonds is 8. The van der Waals surface area contributed by atoms with Crippen LogP contribution in [0.25, 0.3) is 0 Å². The van der Waals surface area contributed by atoms with Crippen LogP contribution in [0.1, 0.15) is 34.1 Å². The zero-order valence-electron chi connectivity index (χ0n) is 13.8. The second kappa shape index (κ2) is 19.8. The number of aliphatic carboxylic acids is 1. The van der Waals surface area contributed by atoms with E-state index in [1.807, 2.05) is 27.7 Å². The molecule has 1 unspecified atom stereocenters. The molecule has 4 N–H and O–H groups in total. The lowest BCUT2D eigenvalue weighted by molar-refractivity contribution is -0.159. The van der Waals surface area contributed by atoms with Crippen molar-refractivity contribution in [3.63, 3.8) is 0 Å². The molecule has 0 amide bonds. The standard InChI is InChI=1S/C8H14O5.C4H10O.C2H6O2/c1-5(2)4-13-8(12)6(9)3-7(10)11;1-3-5-4-2;3-1-2-4/h5-6,9H,3-4H2,1-2H3,(H,10,11);3-4H2,1-2H3;3-4H,1-2H2. The molecule has 0 radical (unpaired) electrons. The Labute approximate surface area is 131 Å². The molecule has 0 fully saturated rings. The van der Waals surface area contributed by atoms with Gasteiger partial charge in [-0.25, -0.2) is 4.79 Å². The van der Waals surface area contributed by atoms with E-state index in [9.17, 15) is 9.59 Å². The van der Waals surface area contributed by atoms with Crippen LogP contribution in [0, 0.1) is 5.92 Å². The molecule has 0 aromatic heterocycles. The van der Waals surface area contributed by atoms with Gasteiger partial charge in [-0.15, -0.1) is 0 Å². The molecule has 8 nitrogen and oxygen atoms in total. The molecule has 0 aromatic carbocycles. The third-order valence-corrected chi connectivity index (χ3v) is 1.71. The first kappa shape index (κ1) is 25.7. The normalized spacial score (nSPS) is 10.7. The summed E-state index contributed by atoms with van der Waals surface area (Å²) in [5.41, 5.74) is 0. The third kappa shape index (κ3) is 27.2. The summed E-state index contributed by atoms with van der Waals surface area (Å²) in [6.07, 6.45) is -2.17. The van der Waals surface area contributed by atoms with Crippen LogP contribution in [0.5, 0.6) is 0 Å². The van der Waals surface area contributed by atoms with Crippen LogP contribution >= 0.6 is 0 Å². The van der Waals surface area contributed by atoms with E-state index in [1.54, 1.807) is 0 Å². The maximum absolute atomic E-state index is 10.8. The minimum absolute atomic E-state index is 0.125. The quantitative estimate of drug-likeness (QED) is 0.459. The van der Waals surface area contributed by atoms with E-state index in [4.69, 9.17) is 25.2 Å². The van der Waals surface area contributed by atoms with E-state index in [2.05, 4.69) is 4.74 Å². The Bertz CT molecular complexity index is 251. The van der Waals surface area contributed by atoms with E-state index in [0.717, 1.165) is 13.2 Å². The molecule has 0 spiro atoms. The summed E-state index contributed by atoms with van der Waals surface area (Å²) in [6.45, 7) is 9.29. The molecule has 134 valence electrons. The zero-order chi connectivity index (χ0) is 18.0. The topological polar surface area (TPSA) is 134 Å². The SMILES string of the molecule is CC(C)COC(=O)C(O)CC(=O)O.CCOCC.OCCO. The van der Waals surface area contributed by atoms with Crippen molar-refractivity contribution in [2.45, 2.75) is 40.2 Å². The fourth-order valence-corrected chi connectivity index (χ4v) is 0.798. The monoisotopic (exact) mass is 326 g/mol. The number of carboxylic acids is 1. The first-order valence-corrected chi connectivity index (χ1v) is 7.12. The number of hydrogen-bond donors (Lipinski definition) is 4. The molecule has 1 atom stereocenters. The molecule has 0 aliphatic heterocycles. The maximum atomic E-state index is 10.8. The van der Waals surface area contributed by atoms with E-state index in [1.165, 1.54) is 0 Å². The minimum atomic E-state index is -1.56. The van der Waals surface area contributed by atoms with Crippen molar-refractivity contribution in [1.82, 2.24) is 0 Å². The van der Waals surface area contributed by atoms with Gasteiger partial charge in [0.05, 0.1) is 26.2 Å². The second-order valence-corrected chi connectivity index (χ2v) is 4.37. The lowest BCUT2D eigenvalue weighted by Crippen LogP contribution is -2.27. The number of aliphatic hydroxyl groups is 3. The molecule has 0 heterocycles. The number of carbonyl (C=O) groups excluding carboxylic acids is 1. The average Bonchev–Trinajstić information content (AvgIpc) is 2.45.